The van der Waals surface area contributed by atoms with Gasteiger partial charge in [-0.15, -0.1) is 11.3 Å². The van der Waals surface area contributed by atoms with Crippen molar-refractivity contribution >= 4 is 11.3 Å². The van der Waals surface area contributed by atoms with Crippen LogP contribution in [0.2, 0.25) is 0 Å². The van der Waals surface area contributed by atoms with Crippen LogP contribution in [0.3, 0.4) is 0 Å². The number of likely N-dealkylation sites (tertiary alicyclic amines) is 2. The lowest BCUT2D eigenvalue weighted by Crippen LogP contribution is -2.46. The number of rotatable bonds is 4. The Morgan fingerprint density at radius 3 is 2.00 bits per heavy atom. The van der Waals surface area contributed by atoms with E-state index in [-0.39, 0.29) is 0 Å². The summed E-state index contributed by atoms with van der Waals surface area (Å²) in [5.74, 6) is 0. The van der Waals surface area contributed by atoms with Crippen LogP contribution in [0.25, 0.3) is 0 Å². The van der Waals surface area contributed by atoms with Gasteiger partial charge in [-0.25, -0.2) is 0 Å². The van der Waals surface area contributed by atoms with Gasteiger partial charge in [-0.3, -0.25) is 9.80 Å². The fraction of sp³-hybridized carbons (Fsp3) is 0.545. The van der Waals surface area contributed by atoms with Crippen molar-refractivity contribution in [3.63, 3.8) is 0 Å². The number of thiophene rings is 1. The van der Waals surface area contributed by atoms with Crippen LogP contribution in [0.1, 0.15) is 41.7 Å². The van der Waals surface area contributed by atoms with Gasteiger partial charge < -0.3 is 0 Å². The van der Waals surface area contributed by atoms with E-state index in [1.54, 1.807) is 0 Å². The molecule has 0 amide bonds. The van der Waals surface area contributed by atoms with Crippen molar-refractivity contribution in [1.82, 2.24) is 9.80 Å². The van der Waals surface area contributed by atoms with E-state index in [1.807, 2.05) is 11.3 Å². The van der Waals surface area contributed by atoms with Crippen LogP contribution >= 0.6 is 11.3 Å². The Morgan fingerprint density at radius 1 is 0.840 bits per heavy atom. The maximum Gasteiger partial charge on any atom is 0.0327 e. The van der Waals surface area contributed by atoms with Crippen LogP contribution in [0.4, 0.5) is 0 Å². The smallest absolute Gasteiger partial charge is 0.0327 e. The predicted octanol–water partition coefficient (Wildman–Crippen LogP) is 4.93. The molecular weight excluding hydrogens is 324 g/mol. The molecule has 2 nitrogen and oxygen atoms in total. The summed E-state index contributed by atoms with van der Waals surface area (Å²) in [5, 5.41) is 2.20. The first-order valence-electron chi connectivity index (χ1n) is 9.74. The van der Waals surface area contributed by atoms with Gasteiger partial charge in [0.2, 0.25) is 0 Å². The lowest BCUT2D eigenvalue weighted by Gasteiger charge is -2.47. The summed E-state index contributed by atoms with van der Waals surface area (Å²) >= 11 is 1.90. The summed E-state index contributed by atoms with van der Waals surface area (Å²) < 4.78 is 0. The van der Waals surface area contributed by atoms with Crippen LogP contribution < -0.4 is 0 Å². The normalized spacial score (nSPS) is 21.6. The molecule has 0 N–H and O–H groups in total. The minimum absolute atomic E-state index is 0.635. The standard InChI is InChI=1S/C22H30N2S/c1-19-4-6-20(7-5-19)17-23-12-8-22(9-13-23)10-14-24(15-11-22)18-21-3-2-16-25-21/h2-7,16H,8-15,17-18H2,1H3. The molecule has 3 heteroatoms. The Balaban J connectivity index is 1.25. The van der Waals surface area contributed by atoms with Crippen LogP contribution in [0, 0.1) is 12.3 Å². The van der Waals surface area contributed by atoms with Gasteiger partial charge in [0, 0.05) is 18.0 Å². The molecule has 2 aliphatic heterocycles. The minimum atomic E-state index is 0.635. The van der Waals surface area contributed by atoms with Crippen LogP contribution in [-0.4, -0.2) is 36.0 Å². The minimum Gasteiger partial charge on any atom is -0.299 e. The quantitative estimate of drug-likeness (QED) is 0.768. The molecule has 0 saturated carbocycles. The first-order valence-corrected chi connectivity index (χ1v) is 10.6. The van der Waals surface area contributed by atoms with Gasteiger partial charge in [0.15, 0.2) is 0 Å². The third kappa shape index (κ3) is 4.33. The molecule has 4 rings (SSSR count). The van der Waals surface area contributed by atoms with E-state index in [0.29, 0.717) is 5.41 Å². The molecule has 1 aromatic carbocycles. The Labute approximate surface area is 156 Å². The highest BCUT2D eigenvalue weighted by atomic mass is 32.1. The third-order valence-corrected chi connectivity index (χ3v) is 7.18. The number of piperidine rings is 2. The number of hydrogen-bond acceptors (Lipinski definition) is 3. The molecule has 0 unspecified atom stereocenters. The second kappa shape index (κ2) is 7.61. The highest BCUT2D eigenvalue weighted by molar-refractivity contribution is 7.09. The number of nitrogens with zero attached hydrogens (tertiary/aromatic N) is 2. The molecule has 2 fully saturated rings. The van der Waals surface area contributed by atoms with Gasteiger partial charge in [-0.1, -0.05) is 35.9 Å². The van der Waals surface area contributed by atoms with Crippen molar-refractivity contribution < 1.29 is 0 Å². The second-order valence-electron chi connectivity index (χ2n) is 8.12. The molecule has 2 aromatic rings. The topological polar surface area (TPSA) is 6.48 Å². The highest BCUT2D eigenvalue weighted by Crippen LogP contribution is 2.41. The SMILES string of the molecule is Cc1ccc(CN2CCC3(CC2)CCN(Cc2cccs2)CC3)cc1. The maximum absolute atomic E-state index is 2.66. The molecule has 0 bridgehead atoms. The molecule has 25 heavy (non-hydrogen) atoms. The molecular formula is C22H30N2S. The molecule has 1 aromatic heterocycles. The zero-order valence-corrected chi connectivity index (χ0v) is 16.2. The monoisotopic (exact) mass is 354 g/mol. The van der Waals surface area contributed by atoms with E-state index in [2.05, 4.69) is 58.5 Å². The Bertz CT molecular complexity index is 644. The molecule has 3 heterocycles. The molecule has 0 atom stereocenters. The second-order valence-corrected chi connectivity index (χ2v) is 9.15. The molecule has 0 aliphatic carbocycles. The van der Waals surface area contributed by atoms with Crippen molar-refractivity contribution in [2.24, 2.45) is 5.41 Å². The summed E-state index contributed by atoms with van der Waals surface area (Å²) in [7, 11) is 0. The third-order valence-electron chi connectivity index (χ3n) is 6.32. The van der Waals surface area contributed by atoms with Crippen molar-refractivity contribution in [3.8, 4) is 0 Å². The molecule has 1 spiro atoms. The van der Waals surface area contributed by atoms with Gasteiger partial charge in [-0.05, 0) is 81.2 Å². The van der Waals surface area contributed by atoms with E-state index in [4.69, 9.17) is 0 Å². The Kier molecular flexibility index (Phi) is 5.25. The van der Waals surface area contributed by atoms with E-state index < -0.39 is 0 Å². The van der Waals surface area contributed by atoms with Crippen LogP contribution in [0.15, 0.2) is 41.8 Å². The molecule has 2 aliphatic rings. The van der Waals surface area contributed by atoms with Crippen molar-refractivity contribution in [1.29, 1.82) is 0 Å². The summed E-state index contributed by atoms with van der Waals surface area (Å²) in [6.07, 6.45) is 5.59. The first-order chi connectivity index (χ1) is 12.2. The van der Waals surface area contributed by atoms with Gasteiger partial charge in [-0.2, -0.15) is 0 Å². The van der Waals surface area contributed by atoms with Crippen molar-refractivity contribution in [2.45, 2.75) is 45.7 Å². The van der Waals surface area contributed by atoms with E-state index in [9.17, 15) is 0 Å². The number of aryl methyl sites for hydroxylation is 1. The number of hydrogen-bond donors (Lipinski definition) is 0. The largest absolute Gasteiger partial charge is 0.299 e. The molecule has 2 saturated heterocycles. The summed E-state index contributed by atoms with van der Waals surface area (Å²) in [4.78, 5) is 6.84. The fourth-order valence-corrected chi connectivity index (χ4v) is 5.19. The van der Waals surface area contributed by atoms with Gasteiger partial charge >= 0.3 is 0 Å². The summed E-state index contributed by atoms with van der Waals surface area (Å²) in [6.45, 7) is 9.58. The zero-order chi connectivity index (χ0) is 17.1. The zero-order valence-electron chi connectivity index (χ0n) is 15.4. The summed E-state index contributed by atoms with van der Waals surface area (Å²) in [6, 6.07) is 13.5. The van der Waals surface area contributed by atoms with E-state index >= 15 is 0 Å². The Morgan fingerprint density at radius 2 is 1.44 bits per heavy atom. The van der Waals surface area contributed by atoms with Gasteiger partial charge in [0.25, 0.3) is 0 Å². The van der Waals surface area contributed by atoms with Crippen LogP contribution in [0.5, 0.6) is 0 Å². The average Bonchev–Trinajstić information content (AvgIpc) is 3.14. The van der Waals surface area contributed by atoms with E-state index in [1.165, 1.54) is 67.9 Å². The molecule has 134 valence electrons. The molecule has 0 radical (unpaired) electrons. The lowest BCUT2D eigenvalue weighted by atomic mass is 9.71. The number of benzene rings is 1. The predicted molar refractivity (Wildman–Crippen MR) is 107 cm³/mol. The van der Waals surface area contributed by atoms with Crippen molar-refractivity contribution in [3.05, 3.63) is 57.8 Å². The van der Waals surface area contributed by atoms with Crippen molar-refractivity contribution in [2.75, 3.05) is 26.2 Å². The fourth-order valence-electron chi connectivity index (χ4n) is 4.45. The van der Waals surface area contributed by atoms with Crippen LogP contribution in [-0.2, 0) is 13.1 Å². The highest BCUT2D eigenvalue weighted by Gasteiger charge is 2.37. The Hall–Kier alpha value is -1.16. The van der Waals surface area contributed by atoms with E-state index in [0.717, 1.165) is 13.1 Å². The maximum atomic E-state index is 2.66. The summed E-state index contributed by atoms with van der Waals surface area (Å²) in [5.41, 5.74) is 3.46. The average molecular weight is 355 g/mol. The first kappa shape index (κ1) is 17.3. The van der Waals surface area contributed by atoms with Gasteiger partial charge in [0.1, 0.15) is 0 Å². The van der Waals surface area contributed by atoms with Gasteiger partial charge in [0.05, 0.1) is 0 Å². The lowest BCUT2D eigenvalue weighted by molar-refractivity contribution is 0.0303.